The Hall–Kier alpha value is -3.92. The van der Waals surface area contributed by atoms with E-state index in [2.05, 4.69) is 10.4 Å². The molecule has 0 radical (unpaired) electrons. The molecule has 0 spiro atoms. The fourth-order valence-electron chi connectivity index (χ4n) is 3.96. The number of fused-ring (bicyclic) bond motifs is 1. The molecule has 2 aromatic heterocycles. The van der Waals surface area contributed by atoms with Crippen molar-refractivity contribution in [1.82, 2.24) is 18.9 Å². The van der Waals surface area contributed by atoms with Crippen molar-refractivity contribution in [2.45, 2.75) is 33.5 Å². The van der Waals surface area contributed by atoms with Gasteiger partial charge in [0.2, 0.25) is 5.91 Å². The zero-order valence-corrected chi connectivity index (χ0v) is 20.1. The number of nitrogens with zero attached hydrogens (tertiary/aromatic N) is 4. The lowest BCUT2D eigenvalue weighted by Crippen LogP contribution is -2.42. The number of ether oxygens (including phenoxy) is 1. The van der Waals surface area contributed by atoms with Gasteiger partial charge in [-0.3, -0.25) is 23.4 Å². The van der Waals surface area contributed by atoms with Crippen LogP contribution in [0.25, 0.3) is 11.0 Å². The monoisotopic (exact) mass is 499 g/mol. The third-order valence-corrected chi connectivity index (χ3v) is 5.80. The minimum Gasteiger partial charge on any atom is -0.495 e. The highest BCUT2D eigenvalue weighted by molar-refractivity contribution is 6.31. The summed E-state index contributed by atoms with van der Waals surface area (Å²) in [6.07, 6.45) is 0. The summed E-state index contributed by atoms with van der Waals surface area (Å²) in [5.74, 6) is -0.553. The lowest BCUT2D eigenvalue weighted by Gasteiger charge is -2.14. The van der Waals surface area contributed by atoms with Crippen molar-refractivity contribution < 1.29 is 13.9 Å². The molecular formula is C24H23ClFN5O4. The van der Waals surface area contributed by atoms with E-state index in [1.54, 1.807) is 19.1 Å². The molecule has 2 heterocycles. The molecule has 0 unspecified atom stereocenters. The van der Waals surface area contributed by atoms with Gasteiger partial charge < -0.3 is 10.1 Å². The number of halogens is 2. The van der Waals surface area contributed by atoms with Crippen LogP contribution >= 0.6 is 11.6 Å². The van der Waals surface area contributed by atoms with E-state index in [-0.39, 0.29) is 24.1 Å². The molecule has 4 aromatic rings. The number of anilines is 1. The Balaban J connectivity index is 1.82. The Morgan fingerprint density at radius 3 is 2.49 bits per heavy atom. The van der Waals surface area contributed by atoms with Gasteiger partial charge in [-0.2, -0.15) is 5.10 Å². The van der Waals surface area contributed by atoms with Crippen LogP contribution in [-0.4, -0.2) is 31.9 Å². The number of rotatable bonds is 7. The zero-order chi connectivity index (χ0) is 25.3. The van der Waals surface area contributed by atoms with E-state index in [1.807, 2.05) is 6.92 Å². The first-order valence-electron chi connectivity index (χ1n) is 10.8. The van der Waals surface area contributed by atoms with Crippen LogP contribution in [0.15, 0.2) is 52.1 Å². The number of amides is 1. The molecular weight excluding hydrogens is 477 g/mol. The Kier molecular flexibility index (Phi) is 6.74. The Morgan fingerprint density at radius 2 is 1.83 bits per heavy atom. The van der Waals surface area contributed by atoms with Crippen LogP contribution < -0.4 is 21.3 Å². The highest BCUT2D eigenvalue weighted by atomic mass is 35.5. The summed E-state index contributed by atoms with van der Waals surface area (Å²) < 4.78 is 22.4. The van der Waals surface area contributed by atoms with Gasteiger partial charge in [-0.25, -0.2) is 9.18 Å². The summed E-state index contributed by atoms with van der Waals surface area (Å²) in [5, 5.41) is 7.49. The second-order valence-corrected chi connectivity index (χ2v) is 8.31. The van der Waals surface area contributed by atoms with Crippen molar-refractivity contribution >= 4 is 34.2 Å². The first kappa shape index (κ1) is 24.2. The number of aryl methyl sites for hydroxylation is 2. The fourth-order valence-corrected chi connectivity index (χ4v) is 4.13. The van der Waals surface area contributed by atoms with E-state index in [0.29, 0.717) is 34.3 Å². The average Bonchev–Trinajstić information content (AvgIpc) is 3.17. The van der Waals surface area contributed by atoms with Gasteiger partial charge in [-0.05, 0) is 49.7 Å². The van der Waals surface area contributed by atoms with E-state index in [9.17, 15) is 18.8 Å². The van der Waals surface area contributed by atoms with Crippen molar-refractivity contribution in [1.29, 1.82) is 0 Å². The van der Waals surface area contributed by atoms with Crippen LogP contribution in [0.5, 0.6) is 5.75 Å². The molecule has 0 saturated carbocycles. The molecule has 11 heteroatoms. The van der Waals surface area contributed by atoms with Crippen LogP contribution in [0.3, 0.4) is 0 Å². The van der Waals surface area contributed by atoms with Crippen LogP contribution in [0, 0.1) is 12.7 Å². The third kappa shape index (κ3) is 4.69. The fraction of sp³-hybridized carbons (Fsp3) is 0.250. The number of benzene rings is 2. The van der Waals surface area contributed by atoms with Crippen LogP contribution in [0.4, 0.5) is 10.1 Å². The number of aromatic nitrogens is 4. The van der Waals surface area contributed by atoms with Gasteiger partial charge in [0, 0.05) is 11.6 Å². The first-order chi connectivity index (χ1) is 16.7. The third-order valence-electron chi connectivity index (χ3n) is 5.57. The highest BCUT2D eigenvalue weighted by Gasteiger charge is 2.22. The molecule has 4 rings (SSSR count). The average molecular weight is 500 g/mol. The summed E-state index contributed by atoms with van der Waals surface area (Å²) in [5.41, 5.74) is 0.617. The molecule has 0 aliphatic heterocycles. The largest absolute Gasteiger partial charge is 0.495 e. The molecule has 35 heavy (non-hydrogen) atoms. The smallest absolute Gasteiger partial charge is 0.332 e. The van der Waals surface area contributed by atoms with Crippen molar-refractivity contribution in [2.75, 3.05) is 12.4 Å². The summed E-state index contributed by atoms with van der Waals surface area (Å²) in [6, 6.07) is 10.3. The molecule has 1 N–H and O–H groups in total. The Bertz CT molecular complexity index is 1540. The minimum atomic E-state index is -0.682. The van der Waals surface area contributed by atoms with Gasteiger partial charge in [-0.1, -0.05) is 23.7 Å². The number of carbonyl (C=O) groups excluding carboxylic acids is 1. The molecule has 0 aliphatic rings. The second-order valence-electron chi connectivity index (χ2n) is 7.88. The van der Waals surface area contributed by atoms with E-state index in [1.165, 1.54) is 46.7 Å². The zero-order valence-electron chi connectivity index (χ0n) is 19.3. The molecule has 182 valence electrons. The predicted octanol–water partition coefficient (Wildman–Crippen LogP) is 3.18. The van der Waals surface area contributed by atoms with Crippen molar-refractivity contribution in [3.05, 3.63) is 85.4 Å². The van der Waals surface area contributed by atoms with Gasteiger partial charge >= 0.3 is 5.69 Å². The summed E-state index contributed by atoms with van der Waals surface area (Å²) >= 11 is 6.05. The maximum absolute atomic E-state index is 13.5. The maximum atomic E-state index is 13.5. The minimum absolute atomic E-state index is 0.0917. The number of hydrogen-bond donors (Lipinski definition) is 1. The van der Waals surface area contributed by atoms with Gasteiger partial charge in [0.15, 0.2) is 5.52 Å². The van der Waals surface area contributed by atoms with Crippen molar-refractivity contribution in [2.24, 2.45) is 0 Å². The van der Waals surface area contributed by atoms with E-state index in [4.69, 9.17) is 16.3 Å². The van der Waals surface area contributed by atoms with Gasteiger partial charge in [0.1, 0.15) is 23.6 Å². The lowest BCUT2D eigenvalue weighted by molar-refractivity contribution is -0.116. The van der Waals surface area contributed by atoms with Gasteiger partial charge in [-0.15, -0.1) is 0 Å². The molecule has 9 nitrogen and oxygen atoms in total. The topological polar surface area (TPSA) is 100 Å². The van der Waals surface area contributed by atoms with E-state index in [0.717, 1.165) is 4.57 Å². The summed E-state index contributed by atoms with van der Waals surface area (Å²) in [7, 11) is 1.46. The molecule has 0 fully saturated rings. The van der Waals surface area contributed by atoms with Crippen molar-refractivity contribution in [3.63, 3.8) is 0 Å². The van der Waals surface area contributed by atoms with Gasteiger partial charge in [0.25, 0.3) is 5.56 Å². The van der Waals surface area contributed by atoms with E-state index >= 15 is 0 Å². The molecule has 0 bridgehead atoms. The first-order valence-corrected chi connectivity index (χ1v) is 11.2. The number of carbonyl (C=O) groups is 1. The molecule has 0 atom stereocenters. The molecule has 0 aliphatic carbocycles. The van der Waals surface area contributed by atoms with Crippen LogP contribution in [0.2, 0.25) is 5.02 Å². The number of nitrogens with one attached hydrogen (secondary N) is 1. The maximum Gasteiger partial charge on any atom is 0.332 e. The summed E-state index contributed by atoms with van der Waals surface area (Å²) in [4.78, 5) is 39.8. The Morgan fingerprint density at radius 1 is 1.11 bits per heavy atom. The van der Waals surface area contributed by atoms with E-state index < -0.39 is 23.0 Å². The number of methoxy groups -OCH3 is 1. The quantitative estimate of drug-likeness (QED) is 0.421. The van der Waals surface area contributed by atoms with Crippen LogP contribution in [-0.2, 0) is 24.4 Å². The standard InChI is InChI=1S/C24H23ClFN5O4/c1-4-31-22-21(14(2)28-31)29(13-20(32)27-18-11-16(25)7-10-19(18)35-3)24(34)30(23(22)33)12-15-5-8-17(26)9-6-15/h5-11H,4,12-13H2,1-3H3,(H,27,32). The molecule has 1 amide bonds. The number of hydrogen-bond acceptors (Lipinski definition) is 5. The predicted molar refractivity (Wildman–Crippen MR) is 131 cm³/mol. The highest BCUT2D eigenvalue weighted by Crippen LogP contribution is 2.27. The lowest BCUT2D eigenvalue weighted by atomic mass is 10.2. The summed E-state index contributed by atoms with van der Waals surface area (Å²) in [6.45, 7) is 3.41. The molecule has 2 aromatic carbocycles. The van der Waals surface area contributed by atoms with Crippen LogP contribution in [0.1, 0.15) is 18.2 Å². The normalized spacial score (nSPS) is 11.1. The second kappa shape index (κ2) is 9.75. The van der Waals surface area contributed by atoms with Crippen molar-refractivity contribution in [3.8, 4) is 5.75 Å². The Labute approximate surface area is 204 Å². The SMILES string of the molecule is CCn1nc(C)c2c1c(=O)n(Cc1ccc(F)cc1)c(=O)n2CC(=O)Nc1cc(Cl)ccc1OC. The van der Waals surface area contributed by atoms with Gasteiger partial charge in [0.05, 0.1) is 25.0 Å². The molecule has 0 saturated heterocycles.